The predicted molar refractivity (Wildman–Crippen MR) is 61.9 cm³/mol. The maximum atomic E-state index is 4.50. The van der Waals surface area contributed by atoms with Gasteiger partial charge in [-0.2, -0.15) is 0 Å². The van der Waals surface area contributed by atoms with Gasteiger partial charge < -0.3 is 5.32 Å². The zero-order valence-electron chi connectivity index (χ0n) is 9.75. The van der Waals surface area contributed by atoms with Crippen molar-refractivity contribution in [3.8, 4) is 0 Å². The van der Waals surface area contributed by atoms with Gasteiger partial charge in [0, 0.05) is 12.2 Å². The number of aromatic nitrogens is 2. The van der Waals surface area contributed by atoms with Gasteiger partial charge in [-0.25, -0.2) is 4.98 Å². The van der Waals surface area contributed by atoms with E-state index in [1.54, 1.807) is 0 Å². The van der Waals surface area contributed by atoms with E-state index in [0.29, 0.717) is 6.04 Å². The highest BCUT2D eigenvalue weighted by Gasteiger charge is 2.23. The summed E-state index contributed by atoms with van der Waals surface area (Å²) in [5.74, 6) is 1.72. The lowest BCUT2D eigenvalue weighted by atomic mass is 10.1. The number of nitrogens with zero attached hydrogens (tertiary/aromatic N) is 2. The number of aryl methyl sites for hydroxylation is 2. The summed E-state index contributed by atoms with van der Waals surface area (Å²) in [6.07, 6.45) is 5.74. The molecule has 1 N–H and O–H groups in total. The fourth-order valence-electron chi connectivity index (χ4n) is 2.21. The van der Waals surface area contributed by atoms with Crippen LogP contribution in [0.15, 0.2) is 6.20 Å². The lowest BCUT2D eigenvalue weighted by Crippen LogP contribution is -2.23. The van der Waals surface area contributed by atoms with Crippen LogP contribution in [0.2, 0.25) is 0 Å². The second-order valence-electron chi connectivity index (χ2n) is 4.60. The molecule has 1 heterocycles. The average molecular weight is 205 g/mol. The quantitative estimate of drug-likeness (QED) is 0.806. The molecule has 1 aromatic heterocycles. The molecule has 3 heteroatoms. The third-order valence-electron chi connectivity index (χ3n) is 3.26. The van der Waals surface area contributed by atoms with Gasteiger partial charge in [-0.15, -0.1) is 0 Å². The van der Waals surface area contributed by atoms with Crippen LogP contribution in [0.25, 0.3) is 0 Å². The minimum Gasteiger partial charge on any atom is -0.366 e. The van der Waals surface area contributed by atoms with Gasteiger partial charge in [0.2, 0.25) is 0 Å². The summed E-state index contributed by atoms with van der Waals surface area (Å²) in [5, 5.41) is 3.53. The fraction of sp³-hybridized carbons (Fsp3) is 0.667. The maximum Gasteiger partial charge on any atom is 0.147 e. The Kier molecular flexibility index (Phi) is 2.89. The molecule has 1 aliphatic carbocycles. The molecule has 0 aromatic carbocycles. The van der Waals surface area contributed by atoms with Crippen molar-refractivity contribution in [2.75, 3.05) is 5.32 Å². The van der Waals surface area contributed by atoms with Crippen LogP contribution in [0.5, 0.6) is 0 Å². The SMILES string of the molecule is Cc1cnc(C)c(NC2CCCC2C)n1. The third kappa shape index (κ3) is 2.28. The van der Waals surface area contributed by atoms with E-state index >= 15 is 0 Å². The number of rotatable bonds is 2. The Morgan fingerprint density at radius 2 is 2.13 bits per heavy atom. The van der Waals surface area contributed by atoms with E-state index < -0.39 is 0 Å². The second-order valence-corrected chi connectivity index (χ2v) is 4.60. The zero-order valence-corrected chi connectivity index (χ0v) is 9.75. The van der Waals surface area contributed by atoms with Gasteiger partial charge in [-0.1, -0.05) is 13.3 Å². The van der Waals surface area contributed by atoms with Gasteiger partial charge >= 0.3 is 0 Å². The highest BCUT2D eigenvalue weighted by Crippen LogP contribution is 2.27. The topological polar surface area (TPSA) is 37.8 Å². The van der Waals surface area contributed by atoms with Gasteiger partial charge in [-0.05, 0) is 32.6 Å². The normalized spacial score (nSPS) is 25.5. The Hall–Kier alpha value is -1.12. The van der Waals surface area contributed by atoms with E-state index in [2.05, 4.69) is 22.2 Å². The molecule has 82 valence electrons. The largest absolute Gasteiger partial charge is 0.366 e. The molecule has 15 heavy (non-hydrogen) atoms. The van der Waals surface area contributed by atoms with Crippen LogP contribution < -0.4 is 5.32 Å². The van der Waals surface area contributed by atoms with E-state index in [1.807, 2.05) is 20.0 Å². The van der Waals surface area contributed by atoms with Crippen molar-refractivity contribution >= 4 is 5.82 Å². The van der Waals surface area contributed by atoms with Crippen LogP contribution >= 0.6 is 0 Å². The van der Waals surface area contributed by atoms with Gasteiger partial charge in [0.1, 0.15) is 5.82 Å². The molecule has 0 radical (unpaired) electrons. The first-order chi connectivity index (χ1) is 7.16. The van der Waals surface area contributed by atoms with Gasteiger partial charge in [0.15, 0.2) is 0 Å². The first-order valence-electron chi connectivity index (χ1n) is 5.73. The van der Waals surface area contributed by atoms with Crippen molar-refractivity contribution < 1.29 is 0 Å². The van der Waals surface area contributed by atoms with Gasteiger partial charge in [0.25, 0.3) is 0 Å². The van der Waals surface area contributed by atoms with Crippen LogP contribution in [0.1, 0.15) is 37.6 Å². The lowest BCUT2D eigenvalue weighted by Gasteiger charge is -2.19. The van der Waals surface area contributed by atoms with Gasteiger partial charge in [-0.3, -0.25) is 4.98 Å². The molecule has 1 aromatic rings. The Morgan fingerprint density at radius 3 is 2.80 bits per heavy atom. The molecular formula is C12H19N3. The van der Waals surface area contributed by atoms with Crippen molar-refractivity contribution in [2.24, 2.45) is 5.92 Å². The molecule has 2 atom stereocenters. The number of hydrogen-bond donors (Lipinski definition) is 1. The molecule has 1 aliphatic rings. The van der Waals surface area contributed by atoms with Crippen molar-refractivity contribution in [1.29, 1.82) is 0 Å². The van der Waals surface area contributed by atoms with E-state index in [1.165, 1.54) is 19.3 Å². The standard InChI is InChI=1S/C12H19N3/c1-8-5-4-6-11(8)15-12-10(3)13-7-9(2)14-12/h7-8,11H,4-6H2,1-3H3,(H,14,15). The molecule has 1 saturated carbocycles. The van der Waals surface area contributed by atoms with Crippen LogP contribution in [0.3, 0.4) is 0 Å². The molecule has 1 fully saturated rings. The van der Waals surface area contributed by atoms with Crippen molar-refractivity contribution in [1.82, 2.24) is 9.97 Å². The smallest absolute Gasteiger partial charge is 0.147 e. The highest BCUT2D eigenvalue weighted by molar-refractivity contribution is 5.40. The fourth-order valence-corrected chi connectivity index (χ4v) is 2.21. The third-order valence-corrected chi connectivity index (χ3v) is 3.26. The summed E-state index contributed by atoms with van der Waals surface area (Å²) in [5.41, 5.74) is 1.98. The van der Waals surface area contributed by atoms with E-state index in [9.17, 15) is 0 Å². The highest BCUT2D eigenvalue weighted by atomic mass is 15.0. The molecule has 0 spiro atoms. The molecule has 0 saturated heterocycles. The van der Waals surface area contributed by atoms with Crippen LogP contribution in [0, 0.1) is 19.8 Å². The Labute approximate surface area is 91.3 Å². The number of nitrogens with one attached hydrogen (secondary N) is 1. The lowest BCUT2D eigenvalue weighted by molar-refractivity contribution is 0.554. The Morgan fingerprint density at radius 1 is 1.33 bits per heavy atom. The summed E-state index contributed by atoms with van der Waals surface area (Å²) in [6, 6.07) is 0.583. The Balaban J connectivity index is 2.12. The maximum absolute atomic E-state index is 4.50. The molecule has 0 bridgehead atoms. The number of anilines is 1. The molecular weight excluding hydrogens is 186 g/mol. The molecule has 0 amide bonds. The van der Waals surface area contributed by atoms with E-state index in [-0.39, 0.29) is 0 Å². The van der Waals surface area contributed by atoms with Crippen molar-refractivity contribution in [3.63, 3.8) is 0 Å². The average Bonchev–Trinajstić information content (AvgIpc) is 2.58. The van der Waals surface area contributed by atoms with Crippen molar-refractivity contribution in [3.05, 3.63) is 17.6 Å². The minimum atomic E-state index is 0.583. The summed E-state index contributed by atoms with van der Waals surface area (Å²) in [6.45, 7) is 6.30. The van der Waals surface area contributed by atoms with Crippen LogP contribution in [-0.2, 0) is 0 Å². The zero-order chi connectivity index (χ0) is 10.8. The first-order valence-corrected chi connectivity index (χ1v) is 5.73. The van der Waals surface area contributed by atoms with Gasteiger partial charge in [0.05, 0.1) is 11.4 Å². The summed E-state index contributed by atoms with van der Waals surface area (Å²) >= 11 is 0. The summed E-state index contributed by atoms with van der Waals surface area (Å²) in [4.78, 5) is 8.82. The summed E-state index contributed by atoms with van der Waals surface area (Å²) in [7, 11) is 0. The number of hydrogen-bond acceptors (Lipinski definition) is 3. The van der Waals surface area contributed by atoms with Crippen LogP contribution in [-0.4, -0.2) is 16.0 Å². The Bertz CT molecular complexity index is 349. The monoisotopic (exact) mass is 205 g/mol. The molecule has 3 nitrogen and oxygen atoms in total. The van der Waals surface area contributed by atoms with E-state index in [4.69, 9.17) is 0 Å². The molecule has 2 unspecified atom stereocenters. The van der Waals surface area contributed by atoms with Crippen LogP contribution in [0.4, 0.5) is 5.82 Å². The summed E-state index contributed by atoms with van der Waals surface area (Å²) < 4.78 is 0. The van der Waals surface area contributed by atoms with E-state index in [0.717, 1.165) is 23.1 Å². The molecule has 0 aliphatic heterocycles. The first kappa shape index (κ1) is 10.4. The van der Waals surface area contributed by atoms with Crippen molar-refractivity contribution in [2.45, 2.75) is 46.1 Å². The second kappa shape index (κ2) is 4.17. The minimum absolute atomic E-state index is 0.583. The molecule has 2 rings (SSSR count). The predicted octanol–water partition coefficient (Wildman–Crippen LogP) is 2.69.